The molecule has 4 aromatic rings. The lowest BCUT2D eigenvalue weighted by atomic mass is 10.2. The monoisotopic (exact) mass is 586 g/mol. The van der Waals surface area contributed by atoms with Gasteiger partial charge in [-0.05, 0) is 78.7 Å². The largest absolute Gasteiger partial charge is 0.494 e. The minimum Gasteiger partial charge on any atom is -0.494 e. The van der Waals surface area contributed by atoms with Crippen LogP contribution in [-0.4, -0.2) is 24.7 Å². The SMILES string of the molecule is CCCOc1ccc(C(=O)Oc2ccc(Br)cc2/C=N\NC(=O)c2ccc(OCc3ccccc3)cc2)cc1. The normalized spacial score (nSPS) is 10.7. The van der Waals surface area contributed by atoms with Crippen LogP contribution in [-0.2, 0) is 6.61 Å². The predicted molar refractivity (Wildman–Crippen MR) is 154 cm³/mol. The maximum Gasteiger partial charge on any atom is 0.343 e. The van der Waals surface area contributed by atoms with Crippen molar-refractivity contribution in [3.8, 4) is 17.2 Å². The molecule has 0 heterocycles. The molecule has 0 radical (unpaired) electrons. The van der Waals surface area contributed by atoms with Gasteiger partial charge in [0.1, 0.15) is 23.9 Å². The maximum absolute atomic E-state index is 12.7. The van der Waals surface area contributed by atoms with Crippen LogP contribution < -0.4 is 19.6 Å². The number of halogens is 1. The van der Waals surface area contributed by atoms with Crippen molar-refractivity contribution in [3.05, 3.63) is 124 Å². The summed E-state index contributed by atoms with van der Waals surface area (Å²) in [5.74, 6) is 0.734. The second-order valence-electron chi connectivity index (χ2n) is 8.44. The highest BCUT2D eigenvalue weighted by molar-refractivity contribution is 9.10. The van der Waals surface area contributed by atoms with Gasteiger partial charge in [0.05, 0.1) is 18.4 Å². The Morgan fingerprint density at radius 2 is 1.51 bits per heavy atom. The van der Waals surface area contributed by atoms with E-state index in [-0.39, 0.29) is 5.91 Å². The molecule has 7 nitrogen and oxygen atoms in total. The van der Waals surface area contributed by atoms with Gasteiger partial charge in [-0.25, -0.2) is 10.2 Å². The molecule has 0 saturated heterocycles. The quantitative estimate of drug-likeness (QED) is 0.0903. The Bertz CT molecular complexity index is 1420. The first-order chi connectivity index (χ1) is 19.0. The van der Waals surface area contributed by atoms with E-state index in [2.05, 4.69) is 26.5 Å². The van der Waals surface area contributed by atoms with Crippen LogP contribution in [0.25, 0.3) is 0 Å². The standard InChI is InChI=1S/C31H27BrN2O5/c1-2-18-37-27-15-10-24(11-16-27)31(36)39-29-17-12-26(32)19-25(29)20-33-34-30(35)23-8-13-28(14-9-23)38-21-22-6-4-3-5-7-22/h3-17,19-20H,2,18,21H2,1H3,(H,34,35)/b33-20-. The molecule has 0 fully saturated rings. The number of amides is 1. The summed E-state index contributed by atoms with van der Waals surface area (Å²) in [6.07, 6.45) is 2.32. The molecular formula is C31H27BrN2O5. The van der Waals surface area contributed by atoms with Crippen LogP contribution in [0.2, 0.25) is 0 Å². The van der Waals surface area contributed by atoms with Gasteiger partial charge in [-0.1, -0.05) is 53.2 Å². The highest BCUT2D eigenvalue weighted by Crippen LogP contribution is 2.23. The molecule has 8 heteroatoms. The van der Waals surface area contributed by atoms with Crippen molar-refractivity contribution >= 4 is 34.0 Å². The second-order valence-corrected chi connectivity index (χ2v) is 9.36. The molecule has 0 saturated carbocycles. The highest BCUT2D eigenvalue weighted by atomic mass is 79.9. The van der Waals surface area contributed by atoms with Gasteiger partial charge in [-0.3, -0.25) is 4.79 Å². The van der Waals surface area contributed by atoms with Crippen LogP contribution in [0.1, 0.15) is 45.2 Å². The Morgan fingerprint density at radius 3 is 2.21 bits per heavy atom. The molecule has 0 aliphatic carbocycles. The number of hydrogen-bond donors (Lipinski definition) is 1. The minimum absolute atomic E-state index is 0.299. The molecule has 0 aliphatic heterocycles. The molecule has 4 aromatic carbocycles. The van der Waals surface area contributed by atoms with Crippen LogP contribution in [0, 0.1) is 0 Å². The zero-order chi connectivity index (χ0) is 27.5. The van der Waals surface area contributed by atoms with Crippen LogP contribution in [0.15, 0.2) is 107 Å². The summed E-state index contributed by atoms with van der Waals surface area (Å²) in [6.45, 7) is 3.07. The Labute approximate surface area is 235 Å². The first-order valence-electron chi connectivity index (χ1n) is 12.4. The Kier molecular flexibility index (Phi) is 9.85. The van der Waals surface area contributed by atoms with E-state index in [9.17, 15) is 9.59 Å². The number of carbonyl (C=O) groups is 2. The molecule has 39 heavy (non-hydrogen) atoms. The fraction of sp³-hybridized carbons (Fsp3) is 0.129. The van der Waals surface area contributed by atoms with Crippen LogP contribution in [0.5, 0.6) is 17.2 Å². The van der Waals surface area contributed by atoms with Crippen molar-refractivity contribution in [2.24, 2.45) is 5.10 Å². The van der Waals surface area contributed by atoms with Gasteiger partial charge < -0.3 is 14.2 Å². The van der Waals surface area contributed by atoms with E-state index in [0.717, 1.165) is 16.5 Å². The topological polar surface area (TPSA) is 86.2 Å². The van der Waals surface area contributed by atoms with Crippen LogP contribution >= 0.6 is 15.9 Å². The molecule has 198 valence electrons. The number of nitrogens with zero attached hydrogens (tertiary/aromatic N) is 1. The van der Waals surface area contributed by atoms with Crippen molar-refractivity contribution in [1.82, 2.24) is 5.43 Å². The zero-order valence-electron chi connectivity index (χ0n) is 21.3. The number of esters is 1. The molecule has 0 bridgehead atoms. The van der Waals surface area contributed by atoms with Gasteiger partial charge >= 0.3 is 5.97 Å². The average molecular weight is 587 g/mol. The van der Waals surface area contributed by atoms with Crippen molar-refractivity contribution in [3.63, 3.8) is 0 Å². The van der Waals surface area contributed by atoms with E-state index in [1.807, 2.05) is 37.3 Å². The van der Waals surface area contributed by atoms with E-state index in [1.165, 1.54) is 6.21 Å². The fourth-order valence-electron chi connectivity index (χ4n) is 3.45. The first kappa shape index (κ1) is 27.6. The van der Waals surface area contributed by atoms with Gasteiger partial charge in [0, 0.05) is 15.6 Å². The summed E-state index contributed by atoms with van der Waals surface area (Å²) >= 11 is 3.41. The Hall–Kier alpha value is -4.43. The molecule has 0 aliphatic rings. The Morgan fingerprint density at radius 1 is 0.846 bits per heavy atom. The van der Waals surface area contributed by atoms with E-state index in [1.54, 1.807) is 66.7 Å². The maximum atomic E-state index is 12.7. The number of hydrazone groups is 1. The average Bonchev–Trinajstić information content (AvgIpc) is 2.97. The number of nitrogens with one attached hydrogen (secondary N) is 1. The lowest BCUT2D eigenvalue weighted by molar-refractivity contribution is 0.0734. The van der Waals surface area contributed by atoms with E-state index in [4.69, 9.17) is 14.2 Å². The summed E-state index contributed by atoms with van der Waals surface area (Å²) in [5, 5.41) is 4.05. The van der Waals surface area contributed by atoms with Gasteiger partial charge in [-0.15, -0.1) is 0 Å². The molecule has 0 aromatic heterocycles. The smallest absolute Gasteiger partial charge is 0.343 e. The van der Waals surface area contributed by atoms with Crippen molar-refractivity contribution in [2.45, 2.75) is 20.0 Å². The van der Waals surface area contributed by atoms with Crippen LogP contribution in [0.4, 0.5) is 0 Å². The third kappa shape index (κ3) is 8.28. The number of benzene rings is 4. The van der Waals surface area contributed by atoms with E-state index in [0.29, 0.717) is 47.2 Å². The van der Waals surface area contributed by atoms with Crippen molar-refractivity contribution < 1.29 is 23.8 Å². The minimum atomic E-state index is -0.521. The van der Waals surface area contributed by atoms with Gasteiger partial charge in [-0.2, -0.15) is 5.10 Å². The number of hydrogen-bond acceptors (Lipinski definition) is 6. The van der Waals surface area contributed by atoms with E-state index < -0.39 is 5.97 Å². The highest BCUT2D eigenvalue weighted by Gasteiger charge is 2.12. The number of ether oxygens (including phenoxy) is 3. The van der Waals surface area contributed by atoms with Gasteiger partial charge in [0.2, 0.25) is 0 Å². The summed E-state index contributed by atoms with van der Waals surface area (Å²) in [5.41, 5.74) is 4.87. The molecule has 1 amide bonds. The number of rotatable bonds is 11. The molecule has 1 N–H and O–H groups in total. The van der Waals surface area contributed by atoms with E-state index >= 15 is 0 Å². The van der Waals surface area contributed by atoms with Crippen molar-refractivity contribution in [1.29, 1.82) is 0 Å². The molecule has 0 spiro atoms. The summed E-state index contributed by atoms with van der Waals surface area (Å²) in [4.78, 5) is 25.3. The lowest BCUT2D eigenvalue weighted by Crippen LogP contribution is -2.17. The molecule has 4 rings (SSSR count). The third-order valence-corrected chi connectivity index (χ3v) is 5.97. The lowest BCUT2D eigenvalue weighted by Gasteiger charge is -2.09. The predicted octanol–water partition coefficient (Wildman–Crippen LogP) is 6.80. The number of carbonyl (C=O) groups excluding carboxylic acids is 2. The van der Waals surface area contributed by atoms with Gasteiger partial charge in [0.25, 0.3) is 5.91 Å². The first-order valence-corrected chi connectivity index (χ1v) is 13.2. The molecular weight excluding hydrogens is 560 g/mol. The third-order valence-electron chi connectivity index (χ3n) is 5.47. The zero-order valence-corrected chi connectivity index (χ0v) is 22.9. The molecule has 0 unspecified atom stereocenters. The molecule has 0 atom stereocenters. The van der Waals surface area contributed by atoms with Gasteiger partial charge in [0.15, 0.2) is 0 Å². The summed E-state index contributed by atoms with van der Waals surface area (Å²) < 4.78 is 17.7. The van der Waals surface area contributed by atoms with Crippen LogP contribution in [0.3, 0.4) is 0 Å². The summed E-state index contributed by atoms with van der Waals surface area (Å²) in [6, 6.07) is 28.5. The van der Waals surface area contributed by atoms with Crippen molar-refractivity contribution in [2.75, 3.05) is 6.61 Å². The fourth-order valence-corrected chi connectivity index (χ4v) is 3.83. The Balaban J connectivity index is 1.35. The summed E-state index contributed by atoms with van der Waals surface area (Å²) in [7, 11) is 0. The second kappa shape index (κ2) is 13.9.